The third kappa shape index (κ3) is 5.94. The molecule has 4 heteroatoms. The van der Waals surface area contributed by atoms with E-state index in [2.05, 4.69) is 5.32 Å². The molecular formula is C10H21NO3. The third-order valence-corrected chi connectivity index (χ3v) is 2.05. The molecule has 0 aromatic rings. The normalized spacial score (nSPS) is 13.8. The topological polar surface area (TPSA) is 58.6 Å². The Morgan fingerprint density at radius 3 is 2.57 bits per heavy atom. The molecule has 0 aliphatic carbocycles. The van der Waals surface area contributed by atoms with Gasteiger partial charge in [0.15, 0.2) is 0 Å². The Bertz CT molecular complexity index is 180. The zero-order chi connectivity index (χ0) is 11.2. The van der Waals surface area contributed by atoms with E-state index >= 15 is 0 Å². The third-order valence-electron chi connectivity index (χ3n) is 2.05. The van der Waals surface area contributed by atoms with Gasteiger partial charge in [-0.25, -0.2) is 0 Å². The molecule has 1 amide bonds. The highest BCUT2D eigenvalue weighted by Crippen LogP contribution is 2.04. The second-order valence-corrected chi connectivity index (χ2v) is 4.18. The fourth-order valence-corrected chi connectivity index (χ4v) is 0.932. The van der Waals surface area contributed by atoms with Crippen molar-refractivity contribution in [3.63, 3.8) is 0 Å². The van der Waals surface area contributed by atoms with Crippen molar-refractivity contribution in [1.29, 1.82) is 0 Å². The lowest BCUT2D eigenvalue weighted by atomic mass is 10.1. The van der Waals surface area contributed by atoms with Crippen LogP contribution in [0.3, 0.4) is 0 Å². The summed E-state index contributed by atoms with van der Waals surface area (Å²) >= 11 is 0. The Morgan fingerprint density at radius 2 is 2.14 bits per heavy atom. The van der Waals surface area contributed by atoms with Crippen LogP contribution in [0.5, 0.6) is 0 Å². The van der Waals surface area contributed by atoms with Crippen LogP contribution in [0, 0.1) is 0 Å². The van der Waals surface area contributed by atoms with Crippen LogP contribution >= 0.6 is 0 Å². The molecule has 0 rings (SSSR count). The number of carbonyl (C=O) groups excluding carboxylic acids is 1. The fourth-order valence-electron chi connectivity index (χ4n) is 0.932. The summed E-state index contributed by atoms with van der Waals surface area (Å²) in [7, 11) is 1.63. The van der Waals surface area contributed by atoms with Crippen LogP contribution in [0.2, 0.25) is 0 Å². The first-order valence-electron chi connectivity index (χ1n) is 4.86. The lowest BCUT2D eigenvalue weighted by molar-refractivity contribution is -0.123. The van der Waals surface area contributed by atoms with Gasteiger partial charge in [-0.3, -0.25) is 4.79 Å². The zero-order valence-electron chi connectivity index (χ0n) is 9.46. The number of ether oxygens (including phenoxy) is 1. The van der Waals surface area contributed by atoms with E-state index in [0.29, 0.717) is 12.8 Å². The van der Waals surface area contributed by atoms with E-state index in [-0.39, 0.29) is 18.6 Å². The molecule has 2 N–H and O–H groups in total. The van der Waals surface area contributed by atoms with Gasteiger partial charge < -0.3 is 15.2 Å². The molecule has 0 aliphatic heterocycles. The van der Waals surface area contributed by atoms with Crippen LogP contribution in [0.4, 0.5) is 0 Å². The quantitative estimate of drug-likeness (QED) is 0.667. The highest BCUT2D eigenvalue weighted by atomic mass is 16.5. The Balaban J connectivity index is 3.76. The number of aliphatic hydroxyl groups is 1. The van der Waals surface area contributed by atoms with Gasteiger partial charge in [-0.15, -0.1) is 0 Å². The summed E-state index contributed by atoms with van der Waals surface area (Å²) in [5.41, 5.74) is -0.534. The van der Waals surface area contributed by atoms with Gasteiger partial charge in [-0.2, -0.15) is 0 Å². The summed E-state index contributed by atoms with van der Waals surface area (Å²) in [5.74, 6) is -0.0482. The van der Waals surface area contributed by atoms with E-state index in [1.54, 1.807) is 21.0 Å². The Kier molecular flexibility index (Phi) is 5.72. The molecule has 84 valence electrons. The minimum Gasteiger partial charge on any atom is -0.394 e. The Hall–Kier alpha value is -0.610. The van der Waals surface area contributed by atoms with Crippen LogP contribution < -0.4 is 5.32 Å². The highest BCUT2D eigenvalue weighted by molar-refractivity contribution is 5.76. The smallest absolute Gasteiger partial charge is 0.220 e. The first-order chi connectivity index (χ1) is 6.41. The molecule has 0 saturated carbocycles. The van der Waals surface area contributed by atoms with E-state index < -0.39 is 5.54 Å². The molecule has 0 spiro atoms. The van der Waals surface area contributed by atoms with Gasteiger partial charge in [0.05, 0.1) is 18.2 Å². The van der Waals surface area contributed by atoms with E-state index in [0.717, 1.165) is 0 Å². The maximum Gasteiger partial charge on any atom is 0.220 e. The summed E-state index contributed by atoms with van der Waals surface area (Å²) in [6.45, 7) is 5.43. The summed E-state index contributed by atoms with van der Waals surface area (Å²) < 4.78 is 5.03. The van der Waals surface area contributed by atoms with E-state index in [4.69, 9.17) is 9.84 Å². The van der Waals surface area contributed by atoms with Crippen molar-refractivity contribution in [2.24, 2.45) is 0 Å². The largest absolute Gasteiger partial charge is 0.394 e. The predicted octanol–water partition coefficient (Wildman–Crippen LogP) is 0.689. The number of hydrogen-bond donors (Lipinski definition) is 2. The van der Waals surface area contributed by atoms with Crippen molar-refractivity contribution >= 4 is 5.91 Å². The van der Waals surface area contributed by atoms with Crippen LogP contribution in [-0.4, -0.2) is 36.4 Å². The van der Waals surface area contributed by atoms with Crippen molar-refractivity contribution in [3.8, 4) is 0 Å². The standard InChI is InChI=1S/C10H21NO3/c1-8(14-4)5-6-9(13)11-10(2,3)7-12/h8,12H,5-7H2,1-4H3,(H,11,13). The summed E-state index contributed by atoms with van der Waals surface area (Å²) in [4.78, 5) is 11.4. The highest BCUT2D eigenvalue weighted by Gasteiger charge is 2.18. The first-order valence-corrected chi connectivity index (χ1v) is 4.86. The van der Waals surface area contributed by atoms with E-state index in [1.807, 2.05) is 6.92 Å². The number of amides is 1. The molecule has 0 aliphatic rings. The number of hydrogen-bond acceptors (Lipinski definition) is 3. The minimum atomic E-state index is -0.534. The van der Waals surface area contributed by atoms with Gasteiger partial charge in [0, 0.05) is 13.5 Å². The van der Waals surface area contributed by atoms with Gasteiger partial charge in [0.25, 0.3) is 0 Å². The van der Waals surface area contributed by atoms with Gasteiger partial charge in [0.1, 0.15) is 0 Å². The summed E-state index contributed by atoms with van der Waals surface area (Å²) in [5, 5.41) is 11.7. The van der Waals surface area contributed by atoms with Crippen LogP contribution in [0.15, 0.2) is 0 Å². The minimum absolute atomic E-state index is 0.0482. The molecule has 0 heterocycles. The fraction of sp³-hybridized carbons (Fsp3) is 0.900. The van der Waals surface area contributed by atoms with Crippen molar-refractivity contribution < 1.29 is 14.6 Å². The maximum absolute atomic E-state index is 11.4. The number of nitrogens with one attached hydrogen (secondary N) is 1. The van der Waals surface area contributed by atoms with Crippen molar-refractivity contribution in [2.45, 2.75) is 45.3 Å². The van der Waals surface area contributed by atoms with Crippen LogP contribution in [-0.2, 0) is 9.53 Å². The SMILES string of the molecule is COC(C)CCC(=O)NC(C)(C)CO. The van der Waals surface area contributed by atoms with Crippen molar-refractivity contribution in [2.75, 3.05) is 13.7 Å². The van der Waals surface area contributed by atoms with Gasteiger partial charge >= 0.3 is 0 Å². The number of methoxy groups -OCH3 is 1. The number of rotatable bonds is 6. The average Bonchev–Trinajstić information content (AvgIpc) is 2.13. The zero-order valence-corrected chi connectivity index (χ0v) is 9.46. The van der Waals surface area contributed by atoms with Crippen LogP contribution in [0.1, 0.15) is 33.6 Å². The first kappa shape index (κ1) is 13.4. The monoisotopic (exact) mass is 203 g/mol. The number of aliphatic hydroxyl groups excluding tert-OH is 1. The molecule has 0 aromatic carbocycles. The Labute approximate surface area is 85.6 Å². The molecule has 0 saturated heterocycles. The average molecular weight is 203 g/mol. The van der Waals surface area contributed by atoms with E-state index in [9.17, 15) is 4.79 Å². The Morgan fingerprint density at radius 1 is 1.57 bits per heavy atom. The molecule has 0 bridgehead atoms. The predicted molar refractivity (Wildman–Crippen MR) is 55.0 cm³/mol. The lowest BCUT2D eigenvalue weighted by Gasteiger charge is -2.23. The summed E-state index contributed by atoms with van der Waals surface area (Å²) in [6, 6.07) is 0. The molecule has 14 heavy (non-hydrogen) atoms. The molecule has 1 unspecified atom stereocenters. The molecule has 0 aromatic heterocycles. The van der Waals surface area contributed by atoms with Gasteiger partial charge in [0.2, 0.25) is 5.91 Å². The molecular weight excluding hydrogens is 182 g/mol. The summed E-state index contributed by atoms with van der Waals surface area (Å²) in [6.07, 6.45) is 1.22. The number of carbonyl (C=O) groups is 1. The van der Waals surface area contributed by atoms with Crippen molar-refractivity contribution in [1.82, 2.24) is 5.32 Å². The van der Waals surface area contributed by atoms with E-state index in [1.165, 1.54) is 0 Å². The second-order valence-electron chi connectivity index (χ2n) is 4.18. The molecule has 4 nitrogen and oxygen atoms in total. The molecule has 0 fully saturated rings. The van der Waals surface area contributed by atoms with Crippen molar-refractivity contribution in [3.05, 3.63) is 0 Å². The molecule has 0 radical (unpaired) electrons. The lowest BCUT2D eigenvalue weighted by Crippen LogP contribution is -2.46. The van der Waals surface area contributed by atoms with Gasteiger partial charge in [-0.05, 0) is 27.2 Å². The molecule has 1 atom stereocenters. The maximum atomic E-state index is 11.4. The second kappa shape index (κ2) is 5.98. The van der Waals surface area contributed by atoms with Gasteiger partial charge in [-0.1, -0.05) is 0 Å². The van der Waals surface area contributed by atoms with Crippen LogP contribution in [0.25, 0.3) is 0 Å².